The summed E-state index contributed by atoms with van der Waals surface area (Å²) in [5, 5.41) is 2.88. The van der Waals surface area contributed by atoms with Gasteiger partial charge in [0.05, 0.1) is 12.5 Å². The van der Waals surface area contributed by atoms with Gasteiger partial charge in [-0.15, -0.1) is 0 Å². The van der Waals surface area contributed by atoms with Crippen molar-refractivity contribution in [1.29, 1.82) is 0 Å². The Bertz CT molecular complexity index is 360. The van der Waals surface area contributed by atoms with E-state index in [0.29, 0.717) is 6.42 Å². The number of nitrogens with one attached hydrogen (secondary N) is 1. The molecular formula is C13H18N2O. The number of hydrogen-bond acceptors (Lipinski definition) is 2. The molecule has 0 radical (unpaired) electrons. The van der Waals surface area contributed by atoms with Crippen molar-refractivity contribution in [1.82, 2.24) is 5.32 Å². The molecule has 3 nitrogen and oxygen atoms in total. The van der Waals surface area contributed by atoms with E-state index in [2.05, 4.69) is 48.3 Å². The van der Waals surface area contributed by atoms with Crippen LogP contribution in [-0.4, -0.2) is 19.0 Å². The van der Waals surface area contributed by atoms with E-state index in [9.17, 15) is 4.79 Å². The van der Waals surface area contributed by atoms with Crippen LogP contribution in [0.5, 0.6) is 0 Å². The number of carbonyl (C=O) groups is 1. The second-order valence-electron chi connectivity index (χ2n) is 4.09. The zero-order chi connectivity index (χ0) is 11.5. The van der Waals surface area contributed by atoms with E-state index < -0.39 is 0 Å². The van der Waals surface area contributed by atoms with E-state index in [-0.39, 0.29) is 11.9 Å². The highest BCUT2D eigenvalue weighted by Crippen LogP contribution is 2.25. The van der Waals surface area contributed by atoms with Crippen LogP contribution in [0.3, 0.4) is 0 Å². The van der Waals surface area contributed by atoms with Crippen molar-refractivity contribution in [3.05, 3.63) is 29.8 Å². The molecule has 1 N–H and O–H groups in total. The zero-order valence-corrected chi connectivity index (χ0v) is 9.86. The van der Waals surface area contributed by atoms with Gasteiger partial charge >= 0.3 is 0 Å². The quantitative estimate of drug-likeness (QED) is 0.785. The molecule has 1 aromatic rings. The van der Waals surface area contributed by atoms with Gasteiger partial charge < -0.3 is 10.2 Å². The summed E-state index contributed by atoms with van der Waals surface area (Å²) in [6.07, 6.45) is 0.630. The van der Waals surface area contributed by atoms with E-state index in [4.69, 9.17) is 0 Å². The minimum absolute atomic E-state index is 0.151. The highest BCUT2D eigenvalue weighted by molar-refractivity contribution is 5.83. The van der Waals surface area contributed by atoms with Crippen LogP contribution in [0.2, 0.25) is 0 Å². The molecule has 16 heavy (non-hydrogen) atoms. The normalized spacial score (nSPS) is 18.9. The van der Waals surface area contributed by atoms with Crippen LogP contribution < -0.4 is 10.2 Å². The van der Waals surface area contributed by atoms with Crippen LogP contribution in [0, 0.1) is 0 Å². The molecule has 0 aliphatic carbocycles. The molecule has 2 rings (SSSR count). The summed E-state index contributed by atoms with van der Waals surface area (Å²) in [5.41, 5.74) is 2.45. The van der Waals surface area contributed by atoms with Gasteiger partial charge in [0, 0.05) is 18.8 Å². The summed E-state index contributed by atoms with van der Waals surface area (Å²) in [7, 11) is 0. The second-order valence-corrected chi connectivity index (χ2v) is 4.09. The Labute approximate surface area is 96.5 Å². The first-order valence-corrected chi connectivity index (χ1v) is 5.88. The molecule has 1 aliphatic heterocycles. The number of rotatable bonds is 4. The van der Waals surface area contributed by atoms with Crippen LogP contribution in [0.15, 0.2) is 24.3 Å². The molecule has 3 heteroatoms. The molecular weight excluding hydrogens is 200 g/mol. The standard InChI is InChI=1S/C13H18N2O/c1-3-15(4-2)11-7-5-10(6-8-11)12-9-13(16)14-12/h5-8,12H,3-4,9H2,1-2H3,(H,14,16). The average molecular weight is 218 g/mol. The number of β-lactam (4-membered cyclic amide) rings is 1. The number of hydrogen-bond donors (Lipinski definition) is 1. The van der Waals surface area contributed by atoms with Crippen molar-refractivity contribution in [2.75, 3.05) is 18.0 Å². The molecule has 1 amide bonds. The first-order chi connectivity index (χ1) is 7.74. The maximum absolute atomic E-state index is 10.8. The van der Waals surface area contributed by atoms with Crippen molar-refractivity contribution in [3.8, 4) is 0 Å². The van der Waals surface area contributed by atoms with Gasteiger partial charge in [0.15, 0.2) is 0 Å². The Balaban J connectivity index is 2.07. The number of carbonyl (C=O) groups excluding carboxylic acids is 1. The fourth-order valence-corrected chi connectivity index (χ4v) is 2.07. The lowest BCUT2D eigenvalue weighted by Crippen LogP contribution is -2.41. The Morgan fingerprint density at radius 1 is 1.25 bits per heavy atom. The van der Waals surface area contributed by atoms with Gasteiger partial charge in [-0.25, -0.2) is 0 Å². The summed E-state index contributed by atoms with van der Waals surface area (Å²) >= 11 is 0. The first-order valence-electron chi connectivity index (χ1n) is 5.88. The van der Waals surface area contributed by atoms with Crippen LogP contribution in [0.25, 0.3) is 0 Å². The van der Waals surface area contributed by atoms with Crippen molar-refractivity contribution in [3.63, 3.8) is 0 Å². The minimum atomic E-state index is 0.151. The molecule has 0 bridgehead atoms. The predicted molar refractivity (Wildman–Crippen MR) is 65.5 cm³/mol. The summed E-state index contributed by atoms with van der Waals surface area (Å²) in [6, 6.07) is 8.72. The molecule has 0 saturated carbocycles. The summed E-state index contributed by atoms with van der Waals surface area (Å²) in [6.45, 7) is 6.36. The summed E-state index contributed by atoms with van der Waals surface area (Å²) in [5.74, 6) is 0.151. The monoisotopic (exact) mass is 218 g/mol. The van der Waals surface area contributed by atoms with E-state index in [0.717, 1.165) is 13.1 Å². The van der Waals surface area contributed by atoms with E-state index in [1.165, 1.54) is 11.3 Å². The lowest BCUT2D eigenvalue weighted by Gasteiger charge is -2.28. The van der Waals surface area contributed by atoms with Crippen molar-refractivity contribution in [2.24, 2.45) is 0 Å². The third-order valence-corrected chi connectivity index (χ3v) is 3.15. The smallest absolute Gasteiger partial charge is 0.222 e. The molecule has 1 fully saturated rings. The molecule has 1 atom stereocenters. The molecule has 1 aromatic carbocycles. The highest BCUT2D eigenvalue weighted by Gasteiger charge is 2.26. The molecule has 1 heterocycles. The molecule has 86 valence electrons. The Kier molecular flexibility index (Phi) is 3.13. The Morgan fingerprint density at radius 2 is 1.81 bits per heavy atom. The number of benzene rings is 1. The third-order valence-electron chi connectivity index (χ3n) is 3.15. The lowest BCUT2D eigenvalue weighted by atomic mass is 9.97. The number of anilines is 1. The molecule has 1 unspecified atom stereocenters. The van der Waals surface area contributed by atoms with Crippen molar-refractivity contribution in [2.45, 2.75) is 26.3 Å². The van der Waals surface area contributed by atoms with Gasteiger partial charge in [0.1, 0.15) is 0 Å². The van der Waals surface area contributed by atoms with Gasteiger partial charge in [-0.3, -0.25) is 4.79 Å². The zero-order valence-electron chi connectivity index (χ0n) is 9.86. The third kappa shape index (κ3) is 2.03. The van der Waals surface area contributed by atoms with Gasteiger partial charge in [-0.05, 0) is 31.5 Å². The fraction of sp³-hybridized carbons (Fsp3) is 0.462. The van der Waals surface area contributed by atoms with Crippen molar-refractivity contribution >= 4 is 11.6 Å². The minimum Gasteiger partial charge on any atom is -0.372 e. The Hall–Kier alpha value is -1.51. The number of amides is 1. The number of nitrogens with zero attached hydrogens (tertiary/aromatic N) is 1. The van der Waals surface area contributed by atoms with E-state index in [1.807, 2.05) is 0 Å². The van der Waals surface area contributed by atoms with Crippen molar-refractivity contribution < 1.29 is 4.79 Å². The van der Waals surface area contributed by atoms with Crippen LogP contribution in [0.1, 0.15) is 31.9 Å². The largest absolute Gasteiger partial charge is 0.372 e. The average Bonchev–Trinajstić information content (AvgIpc) is 2.28. The van der Waals surface area contributed by atoms with Crippen LogP contribution >= 0.6 is 0 Å². The van der Waals surface area contributed by atoms with Gasteiger partial charge in [-0.2, -0.15) is 0 Å². The van der Waals surface area contributed by atoms with Gasteiger partial charge in [0.25, 0.3) is 0 Å². The lowest BCUT2D eigenvalue weighted by molar-refractivity contribution is -0.128. The van der Waals surface area contributed by atoms with Gasteiger partial charge in [-0.1, -0.05) is 12.1 Å². The predicted octanol–water partition coefficient (Wildman–Crippen LogP) is 2.09. The van der Waals surface area contributed by atoms with Crippen LogP contribution in [-0.2, 0) is 4.79 Å². The fourth-order valence-electron chi connectivity index (χ4n) is 2.07. The molecule has 1 saturated heterocycles. The van der Waals surface area contributed by atoms with E-state index in [1.54, 1.807) is 0 Å². The van der Waals surface area contributed by atoms with Gasteiger partial charge in [0.2, 0.25) is 5.91 Å². The van der Waals surface area contributed by atoms with E-state index >= 15 is 0 Å². The topological polar surface area (TPSA) is 32.3 Å². The summed E-state index contributed by atoms with van der Waals surface area (Å²) in [4.78, 5) is 13.1. The summed E-state index contributed by atoms with van der Waals surface area (Å²) < 4.78 is 0. The first kappa shape index (κ1) is 11.0. The highest BCUT2D eigenvalue weighted by atomic mass is 16.2. The molecule has 0 spiro atoms. The molecule has 0 aromatic heterocycles. The molecule has 1 aliphatic rings. The maximum atomic E-state index is 10.8. The second kappa shape index (κ2) is 4.56. The van der Waals surface area contributed by atoms with Crippen LogP contribution in [0.4, 0.5) is 5.69 Å². The SMILES string of the molecule is CCN(CC)c1ccc(C2CC(=O)N2)cc1. The maximum Gasteiger partial charge on any atom is 0.222 e. The Morgan fingerprint density at radius 3 is 2.25 bits per heavy atom.